The summed E-state index contributed by atoms with van der Waals surface area (Å²) in [4.78, 5) is 23.9. The molecule has 0 bridgehead atoms. The van der Waals surface area contributed by atoms with Crippen molar-refractivity contribution >= 4 is 35.1 Å². The fourth-order valence-corrected chi connectivity index (χ4v) is 1.68. The lowest BCUT2D eigenvalue weighted by Gasteiger charge is -2.04. The van der Waals surface area contributed by atoms with Crippen LogP contribution >= 0.6 is 23.2 Å². The van der Waals surface area contributed by atoms with Gasteiger partial charge in [-0.2, -0.15) is 0 Å². The van der Waals surface area contributed by atoms with Crippen molar-refractivity contribution in [2.24, 2.45) is 0 Å². The van der Waals surface area contributed by atoms with Crippen LogP contribution in [0, 0.1) is 0 Å². The molecular formula is C16H18Cl2N2O5. The molecule has 0 fully saturated rings. The number of aliphatic carboxylic acids is 1. The molecule has 0 saturated carbocycles. The minimum atomic E-state index is -1.05. The molecule has 0 unspecified atom stereocenters. The Morgan fingerprint density at radius 3 is 2.24 bits per heavy atom. The third kappa shape index (κ3) is 10.9. The molecule has 0 saturated heterocycles. The summed E-state index contributed by atoms with van der Waals surface area (Å²) in [5.74, 6) is -1.68. The number of nitrogens with one attached hydrogen (secondary N) is 1. The fraction of sp³-hybridized carbons (Fsp3) is 0.188. The van der Waals surface area contributed by atoms with E-state index < -0.39 is 18.5 Å². The highest BCUT2D eigenvalue weighted by Crippen LogP contribution is 2.27. The van der Waals surface area contributed by atoms with Crippen LogP contribution in [-0.4, -0.2) is 47.8 Å². The number of carboxylic acids is 2. The third-order valence-electron chi connectivity index (χ3n) is 2.15. The van der Waals surface area contributed by atoms with Crippen molar-refractivity contribution in [2.45, 2.75) is 0 Å². The minimum Gasteiger partial charge on any atom is -0.480 e. The van der Waals surface area contributed by atoms with E-state index in [1.165, 1.54) is 30.6 Å². The van der Waals surface area contributed by atoms with Gasteiger partial charge in [0.2, 0.25) is 0 Å². The summed E-state index contributed by atoms with van der Waals surface area (Å²) in [5, 5.41) is 20.2. The Bertz CT molecular complexity index is 669. The molecule has 1 aromatic heterocycles. The number of benzene rings is 1. The van der Waals surface area contributed by atoms with Gasteiger partial charge in [-0.3, -0.25) is 4.98 Å². The van der Waals surface area contributed by atoms with Crippen molar-refractivity contribution in [2.75, 3.05) is 20.7 Å². The molecular weight excluding hydrogens is 371 g/mol. The predicted molar refractivity (Wildman–Crippen MR) is 95.8 cm³/mol. The first-order chi connectivity index (χ1) is 11.8. The predicted octanol–water partition coefficient (Wildman–Crippen LogP) is 3.07. The zero-order chi connectivity index (χ0) is 19.2. The molecule has 136 valence electrons. The number of carboxylic acid groups (broad SMARTS) is 2. The molecule has 0 aliphatic rings. The number of carbonyl (C=O) groups is 2. The molecule has 2 rings (SSSR count). The van der Waals surface area contributed by atoms with E-state index in [4.69, 9.17) is 38.2 Å². The zero-order valence-corrected chi connectivity index (χ0v) is 15.1. The molecule has 0 aliphatic carbocycles. The Kier molecular flexibility index (Phi) is 11.8. The largest absolute Gasteiger partial charge is 0.480 e. The number of halogens is 2. The van der Waals surface area contributed by atoms with Gasteiger partial charge in [0.1, 0.15) is 5.75 Å². The summed E-state index contributed by atoms with van der Waals surface area (Å²) in [5.41, 5.74) is 0.220. The lowest BCUT2D eigenvalue weighted by molar-refractivity contribution is -0.139. The molecule has 0 aliphatic heterocycles. The Hall–Kier alpha value is -2.35. The molecule has 7 nitrogen and oxygen atoms in total. The average Bonchev–Trinajstić information content (AvgIpc) is 2.56. The van der Waals surface area contributed by atoms with Crippen LogP contribution in [0.5, 0.6) is 5.75 Å². The second-order valence-electron chi connectivity index (χ2n) is 4.30. The molecule has 3 N–H and O–H groups in total. The number of rotatable bonds is 4. The van der Waals surface area contributed by atoms with Gasteiger partial charge in [0.05, 0.1) is 10.6 Å². The molecule has 0 spiro atoms. The van der Waals surface area contributed by atoms with E-state index in [0.29, 0.717) is 15.8 Å². The Balaban J connectivity index is 0.000000417. The highest BCUT2D eigenvalue weighted by Gasteiger charge is 2.04. The molecule has 9 heteroatoms. The summed E-state index contributed by atoms with van der Waals surface area (Å²) in [6.07, 6.45) is 2.84. The van der Waals surface area contributed by atoms with Crippen LogP contribution in [0.25, 0.3) is 0 Å². The first-order valence-corrected chi connectivity index (χ1v) is 7.58. The maximum absolute atomic E-state index is 10.2. The summed E-state index contributed by atoms with van der Waals surface area (Å²) >= 11 is 11.3. The summed E-state index contributed by atoms with van der Waals surface area (Å²) in [7, 11) is 3.75. The number of aromatic carboxylic acids is 1. The van der Waals surface area contributed by atoms with E-state index in [1.54, 1.807) is 12.1 Å². The monoisotopic (exact) mass is 388 g/mol. The molecule has 2 aromatic rings. The quantitative estimate of drug-likeness (QED) is 0.737. The van der Waals surface area contributed by atoms with Gasteiger partial charge in [-0.25, -0.2) is 9.59 Å². The van der Waals surface area contributed by atoms with Crippen LogP contribution in [0.15, 0.2) is 42.7 Å². The Morgan fingerprint density at radius 1 is 1.20 bits per heavy atom. The second-order valence-corrected chi connectivity index (χ2v) is 5.15. The SMILES string of the molecule is CNC.O=C(O)COc1ccc(Cl)cc1Cl.O=C(O)c1cccnc1. The van der Waals surface area contributed by atoms with E-state index >= 15 is 0 Å². The Labute approximate surface area is 155 Å². The first-order valence-electron chi connectivity index (χ1n) is 6.83. The highest BCUT2D eigenvalue weighted by molar-refractivity contribution is 6.35. The van der Waals surface area contributed by atoms with E-state index in [-0.39, 0.29) is 5.56 Å². The molecule has 25 heavy (non-hydrogen) atoms. The second kappa shape index (κ2) is 13.0. The van der Waals surface area contributed by atoms with Crippen molar-refractivity contribution in [1.82, 2.24) is 10.3 Å². The highest BCUT2D eigenvalue weighted by atomic mass is 35.5. The smallest absolute Gasteiger partial charge is 0.341 e. The van der Waals surface area contributed by atoms with Gasteiger partial charge >= 0.3 is 11.9 Å². The third-order valence-corrected chi connectivity index (χ3v) is 2.68. The van der Waals surface area contributed by atoms with Gasteiger partial charge in [-0.1, -0.05) is 23.2 Å². The van der Waals surface area contributed by atoms with E-state index in [2.05, 4.69) is 10.3 Å². The van der Waals surface area contributed by atoms with Crippen molar-refractivity contribution in [3.8, 4) is 5.75 Å². The lowest BCUT2D eigenvalue weighted by Crippen LogP contribution is -2.09. The van der Waals surface area contributed by atoms with Gasteiger partial charge in [0, 0.05) is 17.4 Å². The normalized spacial score (nSPS) is 8.96. The molecule has 1 heterocycles. The molecule has 1 aromatic carbocycles. The van der Waals surface area contributed by atoms with Gasteiger partial charge in [-0.05, 0) is 44.4 Å². The van der Waals surface area contributed by atoms with E-state index in [0.717, 1.165) is 0 Å². The number of nitrogens with zero attached hydrogens (tertiary/aromatic N) is 1. The molecule has 0 atom stereocenters. The number of hydrogen-bond donors (Lipinski definition) is 3. The number of aromatic nitrogens is 1. The standard InChI is InChI=1S/C8H6Cl2O3.C6H5NO2.C2H7N/c9-5-1-2-7(6(10)3-5)13-4-8(11)12;8-6(9)5-2-1-3-7-4-5;1-3-2/h1-3H,4H2,(H,11,12);1-4H,(H,8,9);3H,1-2H3. The fourth-order valence-electron chi connectivity index (χ4n) is 1.22. The molecule has 0 amide bonds. The van der Waals surface area contributed by atoms with Crippen molar-refractivity contribution in [1.29, 1.82) is 0 Å². The van der Waals surface area contributed by atoms with Gasteiger partial charge in [-0.15, -0.1) is 0 Å². The van der Waals surface area contributed by atoms with Gasteiger partial charge in [0.15, 0.2) is 6.61 Å². The first kappa shape index (κ1) is 22.6. The van der Waals surface area contributed by atoms with Crippen LogP contribution in [0.1, 0.15) is 10.4 Å². The average molecular weight is 389 g/mol. The number of pyridine rings is 1. The Morgan fingerprint density at radius 2 is 1.84 bits per heavy atom. The van der Waals surface area contributed by atoms with Crippen molar-refractivity contribution in [3.05, 3.63) is 58.3 Å². The maximum atomic E-state index is 10.2. The lowest BCUT2D eigenvalue weighted by atomic mass is 10.3. The summed E-state index contributed by atoms with van der Waals surface area (Å²) in [6.45, 7) is -0.415. The van der Waals surface area contributed by atoms with Crippen LogP contribution in [0.2, 0.25) is 10.0 Å². The zero-order valence-electron chi connectivity index (χ0n) is 13.6. The van der Waals surface area contributed by atoms with Crippen LogP contribution in [0.4, 0.5) is 0 Å². The maximum Gasteiger partial charge on any atom is 0.341 e. The van der Waals surface area contributed by atoms with Crippen LogP contribution in [0.3, 0.4) is 0 Å². The van der Waals surface area contributed by atoms with Crippen LogP contribution < -0.4 is 10.1 Å². The van der Waals surface area contributed by atoms with Gasteiger partial charge in [0.25, 0.3) is 0 Å². The van der Waals surface area contributed by atoms with Crippen molar-refractivity contribution in [3.63, 3.8) is 0 Å². The summed E-state index contributed by atoms with van der Waals surface area (Å²) < 4.78 is 4.86. The van der Waals surface area contributed by atoms with Crippen LogP contribution in [-0.2, 0) is 4.79 Å². The van der Waals surface area contributed by atoms with E-state index in [9.17, 15) is 9.59 Å². The van der Waals surface area contributed by atoms with Gasteiger partial charge < -0.3 is 20.3 Å². The molecule has 0 radical (unpaired) electrons. The number of ether oxygens (including phenoxy) is 1. The van der Waals surface area contributed by atoms with E-state index in [1.807, 2.05) is 14.1 Å². The van der Waals surface area contributed by atoms with Crippen molar-refractivity contribution < 1.29 is 24.5 Å². The minimum absolute atomic E-state index is 0.220. The number of hydrogen-bond acceptors (Lipinski definition) is 5. The summed E-state index contributed by atoms with van der Waals surface area (Å²) in [6, 6.07) is 7.66. The topological polar surface area (TPSA) is 109 Å².